The van der Waals surface area contributed by atoms with E-state index in [-0.39, 0.29) is 6.54 Å². The van der Waals surface area contributed by atoms with Crippen molar-refractivity contribution in [3.63, 3.8) is 0 Å². The number of rotatable bonds is 5. The summed E-state index contributed by atoms with van der Waals surface area (Å²) in [6.45, 7) is 4.01. The third kappa shape index (κ3) is 4.08. The van der Waals surface area contributed by atoms with Crippen LogP contribution in [0.15, 0.2) is 30.6 Å². The van der Waals surface area contributed by atoms with Crippen molar-refractivity contribution in [3.8, 4) is 11.3 Å². The summed E-state index contributed by atoms with van der Waals surface area (Å²) in [6, 6.07) is 5.15. The lowest BCUT2D eigenvalue weighted by Gasteiger charge is -2.22. The van der Waals surface area contributed by atoms with Crippen LogP contribution in [0, 0.1) is 0 Å². The van der Waals surface area contributed by atoms with Crippen LogP contribution in [0.3, 0.4) is 0 Å². The van der Waals surface area contributed by atoms with Crippen LogP contribution >= 0.6 is 0 Å². The van der Waals surface area contributed by atoms with Gasteiger partial charge in [-0.1, -0.05) is 0 Å². The van der Waals surface area contributed by atoms with E-state index >= 15 is 0 Å². The van der Waals surface area contributed by atoms with E-state index in [0.29, 0.717) is 18.1 Å². The molecule has 0 saturated carbocycles. The summed E-state index contributed by atoms with van der Waals surface area (Å²) in [6.07, 6.45) is -2.79. The molecule has 0 radical (unpaired) electrons. The van der Waals surface area contributed by atoms with Crippen molar-refractivity contribution in [2.75, 3.05) is 11.4 Å². The predicted molar refractivity (Wildman–Crippen MR) is 79.8 cm³/mol. The van der Waals surface area contributed by atoms with E-state index in [2.05, 4.69) is 10.1 Å². The lowest BCUT2D eigenvalue weighted by molar-refractivity contribution is -0.151. The molecule has 0 aromatic carbocycles. The molecule has 5 nitrogen and oxygen atoms in total. The van der Waals surface area contributed by atoms with Gasteiger partial charge in [0.15, 0.2) is 0 Å². The van der Waals surface area contributed by atoms with Crippen LogP contribution in [0.4, 0.5) is 19.0 Å². The number of nitrogens with zero attached hydrogens (tertiary/aromatic N) is 4. The van der Waals surface area contributed by atoms with Crippen LogP contribution in [0.1, 0.15) is 20.3 Å². The van der Waals surface area contributed by atoms with Crippen LogP contribution in [-0.4, -0.2) is 33.4 Å². The topological polar surface area (TPSA) is 51.0 Å². The highest BCUT2D eigenvalue weighted by molar-refractivity contribution is 5.93. The molecule has 0 bridgehead atoms. The lowest BCUT2D eigenvalue weighted by Crippen LogP contribution is -2.35. The number of pyridine rings is 1. The molecule has 0 aliphatic heterocycles. The minimum Gasteiger partial charge on any atom is -0.297 e. The molecular weight excluding hydrogens is 309 g/mol. The quantitative estimate of drug-likeness (QED) is 0.847. The van der Waals surface area contributed by atoms with Gasteiger partial charge in [-0.2, -0.15) is 18.3 Å². The van der Waals surface area contributed by atoms with Crippen LogP contribution in [0.2, 0.25) is 0 Å². The Morgan fingerprint density at radius 3 is 2.61 bits per heavy atom. The fourth-order valence-electron chi connectivity index (χ4n) is 2.25. The zero-order valence-electron chi connectivity index (χ0n) is 12.8. The summed E-state index contributed by atoms with van der Waals surface area (Å²) in [5.41, 5.74) is 1.30. The van der Waals surface area contributed by atoms with Gasteiger partial charge in [0.1, 0.15) is 12.2 Å². The van der Waals surface area contributed by atoms with E-state index in [1.54, 1.807) is 37.5 Å². The molecule has 23 heavy (non-hydrogen) atoms. The molecule has 2 rings (SSSR count). The van der Waals surface area contributed by atoms with Gasteiger partial charge in [-0.3, -0.25) is 14.7 Å². The van der Waals surface area contributed by atoms with Gasteiger partial charge in [0.25, 0.3) is 0 Å². The van der Waals surface area contributed by atoms with Crippen LogP contribution < -0.4 is 4.90 Å². The molecule has 2 aromatic rings. The third-order valence-electron chi connectivity index (χ3n) is 3.26. The molecular formula is C15H17F3N4O. The lowest BCUT2D eigenvalue weighted by atomic mass is 10.2. The first kappa shape index (κ1) is 17.0. The minimum absolute atomic E-state index is 0.132. The van der Waals surface area contributed by atoms with Gasteiger partial charge in [-0.25, -0.2) is 4.68 Å². The zero-order chi connectivity index (χ0) is 17.0. The fourth-order valence-corrected chi connectivity index (χ4v) is 2.25. The van der Waals surface area contributed by atoms with Crippen molar-refractivity contribution in [2.45, 2.75) is 33.0 Å². The molecule has 0 spiro atoms. The molecule has 2 heterocycles. The number of halogens is 3. The van der Waals surface area contributed by atoms with E-state index in [4.69, 9.17) is 0 Å². The van der Waals surface area contributed by atoms with E-state index < -0.39 is 18.5 Å². The SMILES string of the molecule is CCN(C(=O)CC(F)(F)F)c1cc(-c2cccnc2)nn1CC. The standard InChI is InChI=1S/C15H17F3N4O/c1-3-21(14(23)9-15(16,17)18)13-8-12(20-22(13)4-2)11-6-5-7-19-10-11/h5-8,10H,3-4,9H2,1-2H3. The molecule has 0 atom stereocenters. The van der Waals surface area contributed by atoms with Crippen molar-refractivity contribution in [1.82, 2.24) is 14.8 Å². The maximum Gasteiger partial charge on any atom is 0.397 e. The molecule has 0 N–H and O–H groups in total. The second-order valence-electron chi connectivity index (χ2n) is 4.88. The Labute approximate surface area is 131 Å². The molecule has 0 saturated heterocycles. The minimum atomic E-state index is -4.53. The number of aromatic nitrogens is 3. The zero-order valence-corrected chi connectivity index (χ0v) is 12.8. The summed E-state index contributed by atoms with van der Waals surface area (Å²) in [5, 5.41) is 4.35. The summed E-state index contributed by atoms with van der Waals surface area (Å²) >= 11 is 0. The maximum absolute atomic E-state index is 12.5. The Balaban J connectivity index is 2.37. The Hall–Kier alpha value is -2.38. The van der Waals surface area contributed by atoms with Gasteiger partial charge < -0.3 is 0 Å². The van der Waals surface area contributed by atoms with Crippen molar-refractivity contribution in [2.24, 2.45) is 0 Å². The molecule has 2 aromatic heterocycles. The van der Waals surface area contributed by atoms with Crippen molar-refractivity contribution >= 4 is 11.7 Å². The molecule has 124 valence electrons. The number of hydrogen-bond donors (Lipinski definition) is 0. The molecule has 0 fully saturated rings. The van der Waals surface area contributed by atoms with Gasteiger partial charge in [-0.15, -0.1) is 0 Å². The van der Waals surface area contributed by atoms with Crippen LogP contribution in [-0.2, 0) is 11.3 Å². The van der Waals surface area contributed by atoms with Gasteiger partial charge in [0.2, 0.25) is 5.91 Å². The third-order valence-corrected chi connectivity index (χ3v) is 3.26. The van der Waals surface area contributed by atoms with Gasteiger partial charge >= 0.3 is 6.18 Å². The number of carbonyl (C=O) groups is 1. The van der Waals surface area contributed by atoms with Crippen molar-refractivity contribution < 1.29 is 18.0 Å². The summed E-state index contributed by atoms with van der Waals surface area (Å²) < 4.78 is 39.0. The first-order valence-corrected chi connectivity index (χ1v) is 7.21. The smallest absolute Gasteiger partial charge is 0.297 e. The van der Waals surface area contributed by atoms with E-state index in [9.17, 15) is 18.0 Å². The molecule has 1 amide bonds. The van der Waals surface area contributed by atoms with E-state index in [1.807, 2.05) is 6.92 Å². The summed E-state index contributed by atoms with van der Waals surface area (Å²) in [5.74, 6) is -0.643. The second kappa shape index (κ2) is 6.80. The average molecular weight is 326 g/mol. The van der Waals surface area contributed by atoms with Gasteiger partial charge in [0, 0.05) is 37.1 Å². The normalized spacial score (nSPS) is 11.5. The monoisotopic (exact) mass is 326 g/mol. The molecule has 0 unspecified atom stereocenters. The number of carbonyl (C=O) groups excluding carboxylic acids is 1. The number of alkyl halides is 3. The first-order valence-electron chi connectivity index (χ1n) is 7.21. The largest absolute Gasteiger partial charge is 0.397 e. The highest BCUT2D eigenvalue weighted by Gasteiger charge is 2.34. The van der Waals surface area contributed by atoms with Crippen molar-refractivity contribution in [3.05, 3.63) is 30.6 Å². The van der Waals surface area contributed by atoms with Crippen LogP contribution in [0.5, 0.6) is 0 Å². The number of hydrogen-bond acceptors (Lipinski definition) is 3. The molecule has 0 aliphatic rings. The van der Waals surface area contributed by atoms with E-state index in [0.717, 1.165) is 10.5 Å². The Morgan fingerprint density at radius 1 is 1.35 bits per heavy atom. The van der Waals surface area contributed by atoms with Gasteiger partial charge in [-0.05, 0) is 26.0 Å². The number of amides is 1. The van der Waals surface area contributed by atoms with Crippen molar-refractivity contribution in [1.29, 1.82) is 0 Å². The fraction of sp³-hybridized carbons (Fsp3) is 0.400. The number of anilines is 1. The number of aryl methyl sites for hydroxylation is 1. The highest BCUT2D eigenvalue weighted by atomic mass is 19.4. The highest BCUT2D eigenvalue weighted by Crippen LogP contribution is 2.27. The molecule has 8 heteroatoms. The Bertz CT molecular complexity index is 667. The summed E-state index contributed by atoms with van der Waals surface area (Å²) in [7, 11) is 0. The average Bonchev–Trinajstić information content (AvgIpc) is 2.91. The van der Waals surface area contributed by atoms with Crippen LogP contribution in [0.25, 0.3) is 11.3 Å². The Kier molecular flexibility index (Phi) is 5.02. The van der Waals surface area contributed by atoms with Gasteiger partial charge in [0.05, 0.1) is 5.69 Å². The Morgan fingerprint density at radius 2 is 2.09 bits per heavy atom. The maximum atomic E-state index is 12.5. The predicted octanol–water partition coefficient (Wildman–Crippen LogP) is 3.27. The second-order valence-corrected chi connectivity index (χ2v) is 4.88. The first-order chi connectivity index (χ1) is 10.9. The molecule has 0 aliphatic carbocycles. The summed E-state index contributed by atoms with van der Waals surface area (Å²) in [4.78, 5) is 17.1. The van der Waals surface area contributed by atoms with E-state index in [1.165, 1.54) is 4.68 Å².